The molecule has 1 amide bonds. The number of nitrogens with zero attached hydrogens (tertiary/aromatic N) is 2. The number of carbonyl (C=O) groups is 1. The van der Waals surface area contributed by atoms with E-state index in [2.05, 4.69) is 10.1 Å². The van der Waals surface area contributed by atoms with Gasteiger partial charge in [-0.05, 0) is 0 Å². The Hall–Kier alpha value is -1.43. The zero-order valence-electron chi connectivity index (χ0n) is 5.31. The van der Waals surface area contributed by atoms with Crippen molar-refractivity contribution in [2.75, 3.05) is 0 Å². The van der Waals surface area contributed by atoms with Gasteiger partial charge in [-0.15, -0.1) is 11.3 Å². The van der Waals surface area contributed by atoms with Gasteiger partial charge in [0.25, 0.3) is 5.91 Å². The lowest BCUT2D eigenvalue weighted by molar-refractivity contribution is -0.112. The standard InChI is InChI=1S/C5H4N3O2S/c6-4(9)3(8-10)5-7-1-2-11-5/h1-2,6,10H/b8-3+. The minimum Gasteiger partial charge on any atom is -0.410 e. The molecule has 1 heterocycles. The van der Waals surface area contributed by atoms with Crippen molar-refractivity contribution in [3.63, 3.8) is 0 Å². The maximum Gasteiger partial charge on any atom is 0.294 e. The summed E-state index contributed by atoms with van der Waals surface area (Å²) >= 11 is 1.14. The second kappa shape index (κ2) is 3.11. The molecule has 0 fully saturated rings. The molecule has 57 valence electrons. The number of carbonyl (C=O) groups excluding carboxylic acids is 1. The molecule has 0 spiro atoms. The van der Waals surface area contributed by atoms with E-state index in [0.717, 1.165) is 11.3 Å². The Bertz CT molecular complexity index is 280. The van der Waals surface area contributed by atoms with Crippen LogP contribution >= 0.6 is 11.3 Å². The third-order valence-electron chi connectivity index (χ3n) is 0.950. The first-order chi connectivity index (χ1) is 5.25. The summed E-state index contributed by atoms with van der Waals surface area (Å²) in [5.41, 5.74) is 6.33. The molecule has 0 saturated heterocycles. The monoisotopic (exact) mass is 170 g/mol. The molecule has 1 radical (unpaired) electrons. The summed E-state index contributed by atoms with van der Waals surface area (Å²) in [6, 6.07) is 0. The number of hydrogen-bond donors (Lipinski definition) is 1. The molecule has 1 aromatic heterocycles. The molecule has 0 saturated carbocycles. The molecule has 11 heavy (non-hydrogen) atoms. The lowest BCUT2D eigenvalue weighted by atomic mass is 10.4. The Morgan fingerprint density at radius 1 is 1.82 bits per heavy atom. The molecule has 2 N–H and O–H groups in total. The third-order valence-corrected chi connectivity index (χ3v) is 1.73. The zero-order chi connectivity index (χ0) is 8.27. The summed E-state index contributed by atoms with van der Waals surface area (Å²) in [5, 5.41) is 12.8. The van der Waals surface area contributed by atoms with Crippen LogP contribution in [0, 0.1) is 0 Å². The summed E-state index contributed by atoms with van der Waals surface area (Å²) in [6.07, 6.45) is 1.47. The minimum absolute atomic E-state index is 0.257. The normalized spacial score (nSPS) is 11.5. The van der Waals surface area contributed by atoms with E-state index in [-0.39, 0.29) is 10.7 Å². The molecular formula is C5H4N3O2S. The van der Waals surface area contributed by atoms with Crippen LogP contribution in [0.15, 0.2) is 16.7 Å². The van der Waals surface area contributed by atoms with E-state index in [9.17, 15) is 4.79 Å². The molecule has 0 atom stereocenters. The van der Waals surface area contributed by atoms with E-state index in [1.165, 1.54) is 6.20 Å². The van der Waals surface area contributed by atoms with Crippen molar-refractivity contribution in [2.45, 2.75) is 0 Å². The Morgan fingerprint density at radius 3 is 2.91 bits per heavy atom. The average Bonchev–Trinajstić information content (AvgIpc) is 2.40. The van der Waals surface area contributed by atoms with Gasteiger partial charge < -0.3 is 5.21 Å². The van der Waals surface area contributed by atoms with Gasteiger partial charge >= 0.3 is 0 Å². The first kappa shape index (κ1) is 7.67. The number of nitrogens with one attached hydrogen (secondary N) is 1. The fourth-order valence-corrected chi connectivity index (χ4v) is 1.14. The van der Waals surface area contributed by atoms with Gasteiger partial charge in [0.1, 0.15) is 0 Å². The number of oxime groups is 1. The molecule has 0 aliphatic carbocycles. The molecule has 0 unspecified atom stereocenters. The number of amides is 1. The summed E-state index contributed by atoms with van der Waals surface area (Å²) in [5.74, 6) is -1.04. The van der Waals surface area contributed by atoms with Crippen LogP contribution in [0.2, 0.25) is 0 Å². The van der Waals surface area contributed by atoms with Crippen molar-refractivity contribution in [1.82, 2.24) is 10.7 Å². The maximum atomic E-state index is 10.4. The van der Waals surface area contributed by atoms with Gasteiger partial charge in [-0.3, -0.25) is 10.5 Å². The van der Waals surface area contributed by atoms with Crippen molar-refractivity contribution >= 4 is 23.0 Å². The fraction of sp³-hybridized carbons (Fsp3) is 0. The van der Waals surface area contributed by atoms with Crippen LogP contribution in [-0.2, 0) is 4.79 Å². The second-order valence-corrected chi connectivity index (χ2v) is 2.51. The molecule has 0 bridgehead atoms. The Labute approximate surface area is 66.2 Å². The minimum atomic E-state index is -1.04. The highest BCUT2D eigenvalue weighted by atomic mass is 32.1. The summed E-state index contributed by atoms with van der Waals surface area (Å²) < 4.78 is 0. The number of hydrogen-bond acceptors (Lipinski definition) is 5. The highest BCUT2D eigenvalue weighted by Gasteiger charge is 2.13. The van der Waals surface area contributed by atoms with Gasteiger partial charge in [-0.25, -0.2) is 4.98 Å². The van der Waals surface area contributed by atoms with E-state index >= 15 is 0 Å². The van der Waals surface area contributed by atoms with E-state index in [1.807, 2.05) is 0 Å². The molecule has 0 aromatic carbocycles. The molecule has 1 aromatic rings. The van der Waals surface area contributed by atoms with Gasteiger partial charge in [0.05, 0.1) is 0 Å². The third kappa shape index (κ3) is 1.53. The molecule has 0 aliphatic rings. The van der Waals surface area contributed by atoms with Gasteiger partial charge in [-0.1, -0.05) is 5.16 Å². The molecule has 6 heteroatoms. The lowest BCUT2D eigenvalue weighted by Crippen LogP contribution is -2.15. The van der Waals surface area contributed by atoms with Crippen LogP contribution < -0.4 is 5.73 Å². The summed E-state index contributed by atoms with van der Waals surface area (Å²) in [7, 11) is 0. The highest BCUT2D eigenvalue weighted by molar-refractivity contribution is 7.12. The van der Waals surface area contributed by atoms with Crippen molar-refractivity contribution in [2.24, 2.45) is 5.16 Å². The smallest absolute Gasteiger partial charge is 0.294 e. The first-order valence-electron chi connectivity index (χ1n) is 2.63. The van der Waals surface area contributed by atoms with Crippen LogP contribution in [0.4, 0.5) is 0 Å². The van der Waals surface area contributed by atoms with E-state index in [0.29, 0.717) is 0 Å². The van der Waals surface area contributed by atoms with Crippen molar-refractivity contribution < 1.29 is 10.0 Å². The van der Waals surface area contributed by atoms with E-state index in [1.54, 1.807) is 5.38 Å². The topological polar surface area (TPSA) is 86.4 Å². The largest absolute Gasteiger partial charge is 0.410 e. The maximum absolute atomic E-state index is 10.4. The van der Waals surface area contributed by atoms with Crippen molar-refractivity contribution in [1.29, 1.82) is 0 Å². The summed E-state index contributed by atoms with van der Waals surface area (Å²) in [6.45, 7) is 0. The lowest BCUT2D eigenvalue weighted by Gasteiger charge is -1.90. The Balaban J connectivity index is 2.99. The van der Waals surface area contributed by atoms with Crippen molar-refractivity contribution in [3.8, 4) is 0 Å². The average molecular weight is 170 g/mol. The van der Waals surface area contributed by atoms with Crippen LogP contribution in [0.5, 0.6) is 0 Å². The highest BCUT2D eigenvalue weighted by Crippen LogP contribution is 2.05. The second-order valence-electron chi connectivity index (χ2n) is 1.61. The SMILES string of the molecule is [NH]C(=O)/C(=N\O)c1nccs1. The molecular weight excluding hydrogens is 166 g/mol. The molecule has 1 rings (SSSR count). The van der Waals surface area contributed by atoms with Gasteiger partial charge in [0.2, 0.25) is 5.71 Å². The summed E-state index contributed by atoms with van der Waals surface area (Å²) in [4.78, 5) is 14.1. The van der Waals surface area contributed by atoms with Gasteiger partial charge in [-0.2, -0.15) is 0 Å². The van der Waals surface area contributed by atoms with E-state index in [4.69, 9.17) is 10.9 Å². The zero-order valence-corrected chi connectivity index (χ0v) is 6.13. The van der Waals surface area contributed by atoms with Crippen LogP contribution in [0.3, 0.4) is 0 Å². The molecule has 5 nitrogen and oxygen atoms in total. The number of thiazole rings is 1. The van der Waals surface area contributed by atoms with Crippen molar-refractivity contribution in [3.05, 3.63) is 16.6 Å². The molecule has 0 aliphatic heterocycles. The van der Waals surface area contributed by atoms with E-state index < -0.39 is 5.91 Å². The van der Waals surface area contributed by atoms with Crippen LogP contribution in [0.25, 0.3) is 0 Å². The fourth-order valence-electron chi connectivity index (χ4n) is 0.526. The van der Waals surface area contributed by atoms with Gasteiger partial charge in [0, 0.05) is 11.6 Å². The van der Waals surface area contributed by atoms with Gasteiger partial charge in [0.15, 0.2) is 5.01 Å². The Kier molecular flexibility index (Phi) is 2.17. The Morgan fingerprint density at radius 2 is 2.55 bits per heavy atom. The predicted molar refractivity (Wildman–Crippen MR) is 38.5 cm³/mol. The first-order valence-corrected chi connectivity index (χ1v) is 3.51. The van der Waals surface area contributed by atoms with Crippen LogP contribution in [0.1, 0.15) is 5.01 Å². The number of aromatic nitrogens is 1. The predicted octanol–water partition coefficient (Wildman–Crippen LogP) is 0.131. The quantitative estimate of drug-likeness (QED) is 0.389. The number of rotatable bonds is 2. The van der Waals surface area contributed by atoms with Crippen LogP contribution in [-0.4, -0.2) is 21.8 Å².